The van der Waals surface area contributed by atoms with E-state index in [1.54, 1.807) is 19.2 Å². The second-order valence-electron chi connectivity index (χ2n) is 7.31. The Morgan fingerprint density at radius 1 is 1.19 bits per heavy atom. The van der Waals surface area contributed by atoms with Crippen LogP contribution in [0.25, 0.3) is 11.1 Å². The standard InChI is InChI=1S/C21H22Cl2FN5O.C2H6/c1-12(19-16(22)2-3-17(24)20(19)23)30-18-8-13(9-27-21(18)25)14-10-28-29(11-14)15-4-6-26-7-5-15;1-2/h2-3,8-12,15,26H,4-7H2,1H3,(H2,25,27);1-2H3. The predicted molar refractivity (Wildman–Crippen MR) is 128 cm³/mol. The number of nitrogens with two attached hydrogens (primary N) is 1. The Morgan fingerprint density at radius 2 is 1.91 bits per heavy atom. The van der Waals surface area contributed by atoms with Crippen molar-refractivity contribution in [1.82, 2.24) is 20.1 Å². The van der Waals surface area contributed by atoms with Crippen LogP contribution in [0.4, 0.5) is 10.2 Å². The number of nitrogens with zero attached hydrogens (tertiary/aromatic N) is 3. The Bertz CT molecular complexity index is 1050. The van der Waals surface area contributed by atoms with E-state index >= 15 is 0 Å². The number of anilines is 1. The van der Waals surface area contributed by atoms with Crippen LogP contribution in [0.1, 0.15) is 51.3 Å². The molecule has 3 heterocycles. The second-order valence-corrected chi connectivity index (χ2v) is 8.10. The van der Waals surface area contributed by atoms with Gasteiger partial charge in [0.05, 0.1) is 17.3 Å². The van der Waals surface area contributed by atoms with Gasteiger partial charge in [0.2, 0.25) is 0 Å². The zero-order valence-corrected chi connectivity index (χ0v) is 19.9. The average molecular weight is 480 g/mol. The molecule has 6 nitrogen and oxygen atoms in total. The number of benzene rings is 1. The third kappa shape index (κ3) is 5.34. The van der Waals surface area contributed by atoms with Gasteiger partial charge in [-0.2, -0.15) is 5.10 Å². The number of nitrogen functional groups attached to an aromatic ring is 1. The molecule has 0 amide bonds. The smallest absolute Gasteiger partial charge is 0.166 e. The van der Waals surface area contributed by atoms with Gasteiger partial charge in [0.25, 0.3) is 0 Å². The summed E-state index contributed by atoms with van der Waals surface area (Å²) in [5, 5.41) is 8.13. The number of nitrogens with one attached hydrogen (secondary N) is 1. The van der Waals surface area contributed by atoms with Crippen LogP contribution < -0.4 is 15.8 Å². The van der Waals surface area contributed by atoms with E-state index in [9.17, 15) is 4.39 Å². The van der Waals surface area contributed by atoms with Crippen LogP contribution in [0.2, 0.25) is 10.0 Å². The highest BCUT2D eigenvalue weighted by molar-refractivity contribution is 6.36. The molecule has 0 bridgehead atoms. The molecule has 1 unspecified atom stereocenters. The molecule has 1 fully saturated rings. The van der Waals surface area contributed by atoms with Crippen molar-refractivity contribution in [2.75, 3.05) is 18.8 Å². The van der Waals surface area contributed by atoms with Crippen molar-refractivity contribution in [3.63, 3.8) is 0 Å². The first-order valence-electron chi connectivity index (χ1n) is 10.7. The van der Waals surface area contributed by atoms with Crippen molar-refractivity contribution >= 4 is 29.0 Å². The number of pyridine rings is 1. The maximum absolute atomic E-state index is 13.9. The number of aromatic nitrogens is 3. The maximum atomic E-state index is 13.9. The molecule has 172 valence electrons. The van der Waals surface area contributed by atoms with Gasteiger partial charge in [-0.25, -0.2) is 9.37 Å². The average Bonchev–Trinajstić information content (AvgIpc) is 3.30. The van der Waals surface area contributed by atoms with Gasteiger partial charge in [-0.15, -0.1) is 0 Å². The minimum Gasteiger partial charge on any atom is -0.482 e. The Morgan fingerprint density at radius 3 is 2.62 bits per heavy atom. The summed E-state index contributed by atoms with van der Waals surface area (Å²) in [5.41, 5.74) is 8.12. The molecule has 0 aliphatic carbocycles. The zero-order chi connectivity index (χ0) is 23.3. The summed E-state index contributed by atoms with van der Waals surface area (Å²) >= 11 is 12.3. The SMILES string of the molecule is CC.CC(Oc1cc(-c2cnn(C3CCNCC3)c2)cnc1N)c1c(Cl)ccc(F)c1Cl. The van der Waals surface area contributed by atoms with Gasteiger partial charge in [0, 0.05) is 34.1 Å². The first kappa shape index (κ1) is 24.3. The number of piperidine rings is 1. The molecule has 1 saturated heterocycles. The lowest BCUT2D eigenvalue weighted by Crippen LogP contribution is -2.29. The quantitative estimate of drug-likeness (QED) is 0.434. The Labute approximate surface area is 197 Å². The summed E-state index contributed by atoms with van der Waals surface area (Å²) in [6, 6.07) is 4.85. The van der Waals surface area contributed by atoms with Gasteiger partial charge in [-0.1, -0.05) is 37.0 Å². The minimum absolute atomic E-state index is 0.0686. The summed E-state index contributed by atoms with van der Waals surface area (Å²) in [6.45, 7) is 7.71. The van der Waals surface area contributed by atoms with Crippen LogP contribution >= 0.6 is 23.2 Å². The molecule has 0 radical (unpaired) electrons. The van der Waals surface area contributed by atoms with Crippen molar-refractivity contribution in [3.05, 3.63) is 58.2 Å². The summed E-state index contributed by atoms with van der Waals surface area (Å²) < 4.78 is 21.9. The zero-order valence-electron chi connectivity index (χ0n) is 18.4. The van der Waals surface area contributed by atoms with Gasteiger partial charge in [-0.3, -0.25) is 4.68 Å². The summed E-state index contributed by atoms with van der Waals surface area (Å²) in [6.07, 6.45) is 6.96. The van der Waals surface area contributed by atoms with E-state index in [4.69, 9.17) is 33.7 Å². The van der Waals surface area contributed by atoms with Crippen molar-refractivity contribution < 1.29 is 9.13 Å². The van der Waals surface area contributed by atoms with E-state index in [1.807, 2.05) is 30.9 Å². The van der Waals surface area contributed by atoms with Crippen molar-refractivity contribution in [1.29, 1.82) is 0 Å². The fraction of sp³-hybridized carbons (Fsp3) is 0.391. The third-order valence-electron chi connectivity index (χ3n) is 5.29. The van der Waals surface area contributed by atoms with Gasteiger partial charge >= 0.3 is 0 Å². The van der Waals surface area contributed by atoms with Crippen LogP contribution in [0.15, 0.2) is 36.8 Å². The van der Waals surface area contributed by atoms with E-state index < -0.39 is 11.9 Å². The molecule has 2 aromatic heterocycles. The number of hydrogen-bond acceptors (Lipinski definition) is 5. The second kappa shape index (κ2) is 11.0. The summed E-state index contributed by atoms with van der Waals surface area (Å²) in [7, 11) is 0. The fourth-order valence-electron chi connectivity index (χ4n) is 3.63. The number of ether oxygens (including phenoxy) is 1. The normalized spacial score (nSPS) is 15.1. The minimum atomic E-state index is -0.627. The number of halogens is 3. The van der Waals surface area contributed by atoms with Crippen LogP contribution in [-0.2, 0) is 0 Å². The molecule has 0 spiro atoms. The molecule has 32 heavy (non-hydrogen) atoms. The largest absolute Gasteiger partial charge is 0.482 e. The van der Waals surface area contributed by atoms with Crippen LogP contribution in [0.3, 0.4) is 0 Å². The molecular weight excluding hydrogens is 452 g/mol. The van der Waals surface area contributed by atoms with E-state index in [0.717, 1.165) is 37.1 Å². The molecule has 0 saturated carbocycles. The lowest BCUT2D eigenvalue weighted by atomic mass is 10.1. The molecular formula is C23H28Cl2FN5O. The predicted octanol–water partition coefficient (Wildman–Crippen LogP) is 6.06. The molecule has 1 aliphatic rings. The molecule has 4 rings (SSSR count). The van der Waals surface area contributed by atoms with Crippen LogP contribution in [0.5, 0.6) is 5.75 Å². The van der Waals surface area contributed by atoms with Crippen molar-refractivity contribution in [2.24, 2.45) is 0 Å². The van der Waals surface area contributed by atoms with Crippen LogP contribution in [-0.4, -0.2) is 27.9 Å². The van der Waals surface area contributed by atoms with Gasteiger partial charge in [0.15, 0.2) is 11.6 Å². The van der Waals surface area contributed by atoms with E-state index in [2.05, 4.69) is 15.4 Å². The van der Waals surface area contributed by atoms with E-state index in [1.165, 1.54) is 12.1 Å². The van der Waals surface area contributed by atoms with Crippen molar-refractivity contribution in [2.45, 2.75) is 45.8 Å². The first-order valence-corrected chi connectivity index (χ1v) is 11.5. The maximum Gasteiger partial charge on any atom is 0.166 e. The summed E-state index contributed by atoms with van der Waals surface area (Å²) in [4.78, 5) is 4.25. The van der Waals surface area contributed by atoms with Crippen LogP contribution in [0, 0.1) is 5.82 Å². The first-order chi connectivity index (χ1) is 15.4. The van der Waals surface area contributed by atoms with Gasteiger partial charge in [-0.05, 0) is 51.1 Å². The Balaban J connectivity index is 0.00000141. The van der Waals surface area contributed by atoms with E-state index in [0.29, 0.717) is 22.4 Å². The molecule has 1 atom stereocenters. The Kier molecular flexibility index (Phi) is 8.34. The van der Waals surface area contributed by atoms with Crippen molar-refractivity contribution in [3.8, 4) is 16.9 Å². The van der Waals surface area contributed by atoms with Gasteiger partial charge < -0.3 is 15.8 Å². The highest BCUT2D eigenvalue weighted by atomic mass is 35.5. The fourth-order valence-corrected chi connectivity index (χ4v) is 4.31. The summed E-state index contributed by atoms with van der Waals surface area (Å²) in [5.74, 6) is 0.0303. The Hall–Kier alpha value is -2.35. The number of rotatable bonds is 5. The molecule has 3 N–H and O–H groups in total. The third-order valence-corrected chi connectivity index (χ3v) is 6.00. The highest BCUT2D eigenvalue weighted by Gasteiger charge is 2.21. The van der Waals surface area contributed by atoms with E-state index in [-0.39, 0.29) is 10.8 Å². The lowest BCUT2D eigenvalue weighted by molar-refractivity contribution is 0.227. The highest BCUT2D eigenvalue weighted by Crippen LogP contribution is 2.37. The topological polar surface area (TPSA) is 78.0 Å². The lowest BCUT2D eigenvalue weighted by Gasteiger charge is -2.22. The molecule has 1 aromatic carbocycles. The number of hydrogen-bond donors (Lipinski definition) is 2. The molecule has 1 aliphatic heterocycles. The van der Waals surface area contributed by atoms with Gasteiger partial charge in [0.1, 0.15) is 11.9 Å². The molecule has 3 aromatic rings. The monoisotopic (exact) mass is 479 g/mol. The molecule has 9 heteroatoms.